The number of methoxy groups -OCH3 is 1. The van der Waals surface area contributed by atoms with Gasteiger partial charge in [0.25, 0.3) is 11.8 Å². The second-order valence-electron chi connectivity index (χ2n) is 7.30. The third kappa shape index (κ3) is 7.09. The van der Waals surface area contributed by atoms with Crippen LogP contribution in [-0.4, -0.2) is 38.1 Å². The highest BCUT2D eigenvalue weighted by Gasteiger charge is 2.11. The van der Waals surface area contributed by atoms with Crippen molar-refractivity contribution < 1.29 is 28.6 Å². The van der Waals surface area contributed by atoms with Crippen molar-refractivity contribution in [2.75, 3.05) is 31.0 Å². The van der Waals surface area contributed by atoms with Gasteiger partial charge in [0.1, 0.15) is 11.5 Å². The van der Waals surface area contributed by atoms with Gasteiger partial charge in [-0.25, -0.2) is 0 Å². The number of anilines is 2. The normalized spacial score (nSPS) is 10.2. The number of para-hydroxylation sites is 3. The van der Waals surface area contributed by atoms with Gasteiger partial charge in [-0.1, -0.05) is 30.3 Å². The zero-order chi connectivity index (χ0) is 24.3. The van der Waals surface area contributed by atoms with Crippen LogP contribution in [0.4, 0.5) is 11.4 Å². The van der Waals surface area contributed by atoms with Crippen LogP contribution in [0.5, 0.6) is 11.5 Å². The third-order valence-electron chi connectivity index (χ3n) is 4.81. The molecule has 0 unspecified atom stereocenters. The fraction of sp³-hybridized carbons (Fsp3) is 0.192. The molecular formula is C26H26N2O6. The van der Waals surface area contributed by atoms with E-state index in [0.717, 1.165) is 5.56 Å². The molecule has 0 aliphatic heterocycles. The first-order chi connectivity index (χ1) is 16.5. The van der Waals surface area contributed by atoms with Gasteiger partial charge in [-0.3, -0.25) is 14.4 Å². The Balaban J connectivity index is 1.41. The van der Waals surface area contributed by atoms with Crippen molar-refractivity contribution in [3.05, 3.63) is 83.9 Å². The lowest BCUT2D eigenvalue weighted by molar-refractivity contribution is -0.147. The predicted octanol–water partition coefficient (Wildman–Crippen LogP) is 4.21. The minimum absolute atomic E-state index is 0.0254. The summed E-state index contributed by atoms with van der Waals surface area (Å²) < 4.78 is 15.8. The number of aryl methyl sites for hydroxylation is 1. The first-order valence-electron chi connectivity index (χ1n) is 10.6. The lowest BCUT2D eigenvalue weighted by Crippen LogP contribution is -2.21. The second kappa shape index (κ2) is 12.1. The van der Waals surface area contributed by atoms with Crippen LogP contribution in [0.3, 0.4) is 0 Å². The number of rotatable bonds is 10. The Morgan fingerprint density at radius 3 is 2.21 bits per heavy atom. The summed E-state index contributed by atoms with van der Waals surface area (Å²) in [7, 11) is 1.53. The molecule has 3 aromatic rings. The average Bonchev–Trinajstić information content (AvgIpc) is 2.84. The Morgan fingerprint density at radius 2 is 1.50 bits per heavy atom. The molecule has 0 heterocycles. The fourth-order valence-electron chi connectivity index (χ4n) is 3.03. The summed E-state index contributed by atoms with van der Waals surface area (Å²) >= 11 is 0. The summed E-state index contributed by atoms with van der Waals surface area (Å²) in [6.45, 7) is 1.65. The number of esters is 1. The smallest absolute Gasteiger partial charge is 0.309 e. The highest BCUT2D eigenvalue weighted by molar-refractivity contribution is 6.05. The van der Waals surface area contributed by atoms with Crippen molar-refractivity contribution in [2.24, 2.45) is 0 Å². The molecule has 0 fully saturated rings. The van der Waals surface area contributed by atoms with E-state index in [-0.39, 0.29) is 18.9 Å². The van der Waals surface area contributed by atoms with Crippen molar-refractivity contribution in [1.29, 1.82) is 0 Å². The highest BCUT2D eigenvalue weighted by Crippen LogP contribution is 2.24. The molecule has 0 saturated carbocycles. The van der Waals surface area contributed by atoms with Gasteiger partial charge in [-0.2, -0.15) is 0 Å². The fourth-order valence-corrected chi connectivity index (χ4v) is 3.03. The zero-order valence-corrected chi connectivity index (χ0v) is 19.0. The van der Waals surface area contributed by atoms with Crippen LogP contribution >= 0.6 is 0 Å². The molecule has 0 aliphatic carbocycles. The molecule has 2 amide bonds. The van der Waals surface area contributed by atoms with Gasteiger partial charge in [0.2, 0.25) is 0 Å². The molecule has 8 heteroatoms. The van der Waals surface area contributed by atoms with Gasteiger partial charge in [0.05, 0.1) is 25.8 Å². The first kappa shape index (κ1) is 24.3. The van der Waals surface area contributed by atoms with E-state index in [4.69, 9.17) is 14.2 Å². The van der Waals surface area contributed by atoms with Crippen LogP contribution in [0.1, 0.15) is 22.3 Å². The Morgan fingerprint density at radius 1 is 0.824 bits per heavy atom. The predicted molar refractivity (Wildman–Crippen MR) is 128 cm³/mol. The summed E-state index contributed by atoms with van der Waals surface area (Å²) in [5, 5.41) is 5.40. The molecular weight excluding hydrogens is 436 g/mol. The lowest BCUT2D eigenvalue weighted by atomic mass is 10.2. The van der Waals surface area contributed by atoms with Gasteiger partial charge < -0.3 is 24.8 Å². The maximum Gasteiger partial charge on any atom is 0.309 e. The summed E-state index contributed by atoms with van der Waals surface area (Å²) in [5.74, 6) is -0.0835. The topological polar surface area (TPSA) is 103 Å². The summed E-state index contributed by atoms with van der Waals surface area (Å²) in [4.78, 5) is 36.4. The van der Waals surface area contributed by atoms with Gasteiger partial charge in [-0.15, -0.1) is 0 Å². The average molecular weight is 463 g/mol. The van der Waals surface area contributed by atoms with E-state index in [1.807, 2.05) is 37.3 Å². The van der Waals surface area contributed by atoms with Crippen LogP contribution in [0.15, 0.2) is 72.8 Å². The molecule has 0 spiro atoms. The van der Waals surface area contributed by atoms with E-state index in [0.29, 0.717) is 28.4 Å². The molecule has 0 aliphatic rings. The van der Waals surface area contributed by atoms with E-state index in [1.54, 1.807) is 42.5 Å². The SMILES string of the molecule is COc1ccccc1NC(=O)c1ccc(NC(=O)COC(=O)CCOc2ccccc2C)cc1. The molecule has 34 heavy (non-hydrogen) atoms. The lowest BCUT2D eigenvalue weighted by Gasteiger charge is -2.11. The summed E-state index contributed by atoms with van der Waals surface area (Å²) in [6.07, 6.45) is 0.0254. The zero-order valence-electron chi connectivity index (χ0n) is 19.0. The molecule has 0 aromatic heterocycles. The number of amides is 2. The molecule has 0 radical (unpaired) electrons. The van der Waals surface area contributed by atoms with Gasteiger partial charge >= 0.3 is 5.97 Å². The number of hydrogen-bond donors (Lipinski definition) is 2. The van der Waals surface area contributed by atoms with Crippen molar-refractivity contribution >= 4 is 29.2 Å². The molecule has 3 rings (SSSR count). The van der Waals surface area contributed by atoms with Crippen LogP contribution < -0.4 is 20.1 Å². The van der Waals surface area contributed by atoms with Crippen LogP contribution in [0.2, 0.25) is 0 Å². The Labute approximate surface area is 197 Å². The van der Waals surface area contributed by atoms with E-state index in [9.17, 15) is 14.4 Å². The number of ether oxygens (including phenoxy) is 3. The number of benzene rings is 3. The number of carbonyl (C=O) groups is 3. The summed E-state index contributed by atoms with van der Waals surface area (Å²) in [5.41, 5.74) is 2.40. The Bertz CT molecular complexity index is 1140. The van der Waals surface area contributed by atoms with E-state index in [1.165, 1.54) is 7.11 Å². The van der Waals surface area contributed by atoms with E-state index < -0.39 is 18.5 Å². The number of carbonyl (C=O) groups excluding carboxylic acids is 3. The van der Waals surface area contributed by atoms with Gasteiger partial charge in [-0.05, 0) is 55.0 Å². The quantitative estimate of drug-likeness (QED) is 0.438. The van der Waals surface area contributed by atoms with E-state index >= 15 is 0 Å². The molecule has 176 valence electrons. The maximum absolute atomic E-state index is 12.5. The second-order valence-corrected chi connectivity index (χ2v) is 7.30. The maximum atomic E-state index is 12.5. The standard InChI is InChI=1S/C26H26N2O6/c1-18-7-3-5-9-22(18)33-16-15-25(30)34-17-24(29)27-20-13-11-19(12-14-20)26(31)28-21-8-4-6-10-23(21)32-2/h3-14H,15-17H2,1-2H3,(H,27,29)(H,28,31). The first-order valence-corrected chi connectivity index (χ1v) is 10.6. The minimum Gasteiger partial charge on any atom is -0.495 e. The molecule has 0 saturated heterocycles. The number of nitrogens with one attached hydrogen (secondary N) is 2. The minimum atomic E-state index is -0.535. The van der Waals surface area contributed by atoms with Gasteiger partial charge in [0, 0.05) is 11.3 Å². The number of hydrogen-bond acceptors (Lipinski definition) is 6. The molecule has 3 aromatic carbocycles. The van der Waals surface area contributed by atoms with Crippen molar-refractivity contribution in [3.8, 4) is 11.5 Å². The van der Waals surface area contributed by atoms with E-state index in [2.05, 4.69) is 10.6 Å². The largest absolute Gasteiger partial charge is 0.495 e. The van der Waals surface area contributed by atoms with Crippen LogP contribution in [-0.2, 0) is 14.3 Å². The molecule has 0 bridgehead atoms. The van der Waals surface area contributed by atoms with Crippen molar-refractivity contribution in [3.63, 3.8) is 0 Å². The summed E-state index contributed by atoms with van der Waals surface area (Å²) in [6, 6.07) is 20.9. The third-order valence-corrected chi connectivity index (χ3v) is 4.81. The van der Waals surface area contributed by atoms with Crippen LogP contribution in [0.25, 0.3) is 0 Å². The van der Waals surface area contributed by atoms with Gasteiger partial charge in [0.15, 0.2) is 6.61 Å². The van der Waals surface area contributed by atoms with Crippen LogP contribution in [0, 0.1) is 6.92 Å². The molecule has 8 nitrogen and oxygen atoms in total. The Hall–Kier alpha value is -4.33. The monoisotopic (exact) mass is 462 g/mol. The molecule has 2 N–H and O–H groups in total. The van der Waals surface area contributed by atoms with Crippen molar-refractivity contribution in [2.45, 2.75) is 13.3 Å². The highest BCUT2D eigenvalue weighted by atomic mass is 16.5. The van der Waals surface area contributed by atoms with Crippen molar-refractivity contribution in [1.82, 2.24) is 0 Å². The molecule has 0 atom stereocenters. The Kier molecular flexibility index (Phi) is 8.62.